The minimum Gasteiger partial charge on any atom is -0.513 e. The number of aliphatic hydroxyl groups is 1. The summed E-state index contributed by atoms with van der Waals surface area (Å²) in [4.78, 5) is 54.9. The van der Waals surface area contributed by atoms with Crippen LogP contribution in [0.1, 0.15) is 58.3 Å². The molecule has 0 fully saturated rings. The maximum Gasteiger partial charge on any atom is 0.322 e. The molecule has 0 aliphatic heterocycles. The summed E-state index contributed by atoms with van der Waals surface area (Å²) >= 11 is 4.49. The highest BCUT2D eigenvalue weighted by molar-refractivity contribution is 7.80. The van der Waals surface area contributed by atoms with Gasteiger partial charge in [0.15, 0.2) is 0 Å². The van der Waals surface area contributed by atoms with E-state index in [0.717, 1.165) is 25.7 Å². The average Bonchev–Trinajstić information content (AvgIpc) is 2.77. The molecule has 7 N–H and O–H groups in total. The normalized spacial score (nSPS) is 11.6. The van der Waals surface area contributed by atoms with Crippen molar-refractivity contribution in [2.45, 2.75) is 69.6 Å². The van der Waals surface area contributed by atoms with Crippen LogP contribution < -0.4 is 21.3 Å². The van der Waals surface area contributed by atoms with Crippen molar-refractivity contribution in [2.24, 2.45) is 0 Å². The Labute approximate surface area is 205 Å². The van der Waals surface area contributed by atoms with Gasteiger partial charge in [0.05, 0.1) is 5.76 Å². The summed E-state index contributed by atoms with van der Waals surface area (Å²) in [5.74, 6) is -3.31. The number of urea groups is 1. The summed E-state index contributed by atoms with van der Waals surface area (Å²) < 4.78 is 0. The Morgan fingerprint density at radius 3 is 2.03 bits per heavy atom. The summed E-state index contributed by atoms with van der Waals surface area (Å²) in [5.41, 5.74) is 0. The van der Waals surface area contributed by atoms with Crippen LogP contribution in [0.2, 0.25) is 0 Å². The Kier molecular flexibility index (Phi) is 20.2. The number of aliphatic hydroxyl groups excluding tert-OH is 1. The van der Waals surface area contributed by atoms with E-state index in [-0.39, 0.29) is 42.2 Å². The third-order valence-corrected chi connectivity index (χ3v) is 4.74. The van der Waals surface area contributed by atoms with Crippen molar-refractivity contribution < 1.29 is 39.3 Å². The topological polar surface area (TPSA) is 194 Å². The van der Waals surface area contributed by atoms with Crippen LogP contribution in [0.5, 0.6) is 0 Å². The quantitative estimate of drug-likeness (QED) is 0.0868. The molecule has 0 aromatic rings. The fourth-order valence-electron chi connectivity index (χ4n) is 2.44. The van der Waals surface area contributed by atoms with Gasteiger partial charge in [-0.3, -0.25) is 19.2 Å². The van der Waals surface area contributed by atoms with Crippen LogP contribution >= 0.6 is 12.6 Å². The van der Waals surface area contributed by atoms with E-state index in [0.29, 0.717) is 13.0 Å². The number of aliphatic carboxylic acids is 2. The molecule has 0 bridgehead atoms. The van der Waals surface area contributed by atoms with E-state index >= 15 is 0 Å². The largest absolute Gasteiger partial charge is 0.513 e. The van der Waals surface area contributed by atoms with Gasteiger partial charge in [0.2, 0.25) is 11.8 Å². The standard InChI is InChI=1S/C18H32N4O6S.C3H6O2/c1-12(23)10-14(17(27)21-11-16(25)26)22-15(24)8-4-3-6-13(29)7-5-9-20-18(28)19-2;1-2-3(4)5/h13-14,23,29H,1,3-11H2,2H3,(H,21,27)(H,22,24)(H,25,26)(H2,19,20,28);2H2,1H3,(H,4,5). The van der Waals surface area contributed by atoms with Gasteiger partial charge in [0, 0.05) is 38.1 Å². The monoisotopic (exact) mass is 506 g/mol. The third-order valence-electron chi connectivity index (χ3n) is 4.23. The van der Waals surface area contributed by atoms with E-state index in [9.17, 15) is 29.1 Å². The second-order valence-electron chi connectivity index (χ2n) is 7.30. The number of carbonyl (C=O) groups excluding carboxylic acids is 3. The Morgan fingerprint density at radius 1 is 0.941 bits per heavy atom. The lowest BCUT2D eigenvalue weighted by molar-refractivity contribution is -0.138. The number of thiol groups is 1. The van der Waals surface area contributed by atoms with Crippen molar-refractivity contribution >= 4 is 42.4 Å². The zero-order valence-corrected chi connectivity index (χ0v) is 20.7. The summed E-state index contributed by atoms with van der Waals surface area (Å²) in [6.45, 7) is 4.88. The highest BCUT2D eigenvalue weighted by Crippen LogP contribution is 2.14. The molecule has 2 unspecified atom stereocenters. The van der Waals surface area contributed by atoms with Gasteiger partial charge in [0.1, 0.15) is 12.6 Å². The van der Waals surface area contributed by atoms with Crippen molar-refractivity contribution in [3.8, 4) is 0 Å². The maximum atomic E-state index is 12.0. The molecule has 196 valence electrons. The number of amides is 4. The van der Waals surface area contributed by atoms with E-state index in [1.807, 2.05) is 0 Å². The second kappa shape index (κ2) is 20.6. The number of rotatable bonds is 16. The van der Waals surface area contributed by atoms with E-state index in [4.69, 9.17) is 10.2 Å². The molecule has 0 aromatic carbocycles. The molecule has 0 spiro atoms. The number of hydrogen-bond donors (Lipinski definition) is 8. The SMILES string of the molecule is C=C(O)CC(NC(=O)CCCCC(S)CCCNC(=O)NC)C(=O)NCC(=O)O.CCC(=O)O. The fraction of sp³-hybridized carbons (Fsp3) is 0.667. The molecule has 0 aliphatic rings. The first-order chi connectivity index (χ1) is 15.9. The number of nitrogens with one attached hydrogen (secondary N) is 4. The van der Waals surface area contributed by atoms with Gasteiger partial charge < -0.3 is 36.6 Å². The minimum absolute atomic E-state index is 0.164. The molecule has 0 saturated carbocycles. The van der Waals surface area contributed by atoms with Crippen molar-refractivity contribution in [1.82, 2.24) is 21.3 Å². The molecule has 34 heavy (non-hydrogen) atoms. The predicted octanol–water partition coefficient (Wildman–Crippen LogP) is 1.18. The van der Waals surface area contributed by atoms with Crippen molar-refractivity contribution in [1.29, 1.82) is 0 Å². The molecular formula is C21H38N4O8S. The van der Waals surface area contributed by atoms with Crippen LogP contribution in [0.4, 0.5) is 4.79 Å². The van der Waals surface area contributed by atoms with Gasteiger partial charge in [0.25, 0.3) is 0 Å². The molecule has 0 rings (SSSR count). The summed E-state index contributed by atoms with van der Waals surface area (Å²) in [7, 11) is 1.55. The van der Waals surface area contributed by atoms with Crippen molar-refractivity contribution in [3.05, 3.63) is 12.3 Å². The zero-order chi connectivity index (χ0) is 26.5. The molecule has 0 radical (unpaired) electrons. The molecule has 0 heterocycles. The molecule has 13 heteroatoms. The van der Waals surface area contributed by atoms with Crippen LogP contribution in [-0.4, -0.2) is 76.5 Å². The lowest BCUT2D eigenvalue weighted by Crippen LogP contribution is -2.48. The Morgan fingerprint density at radius 2 is 1.53 bits per heavy atom. The fourth-order valence-corrected chi connectivity index (χ4v) is 2.80. The molecule has 0 aromatic heterocycles. The molecule has 12 nitrogen and oxygen atoms in total. The van der Waals surface area contributed by atoms with Crippen LogP contribution in [0.25, 0.3) is 0 Å². The number of carboxylic acid groups (broad SMARTS) is 2. The zero-order valence-electron chi connectivity index (χ0n) is 19.8. The molecule has 2 atom stereocenters. The van der Waals surface area contributed by atoms with Crippen LogP contribution in [-0.2, 0) is 19.2 Å². The van der Waals surface area contributed by atoms with Gasteiger partial charge in [-0.25, -0.2) is 4.79 Å². The Bertz CT molecular complexity index is 675. The first kappa shape index (κ1) is 33.2. The highest BCUT2D eigenvalue weighted by Gasteiger charge is 2.22. The first-order valence-corrected chi connectivity index (χ1v) is 11.5. The van der Waals surface area contributed by atoms with Crippen molar-refractivity contribution in [2.75, 3.05) is 20.1 Å². The summed E-state index contributed by atoms with van der Waals surface area (Å²) in [6, 6.07) is -1.30. The highest BCUT2D eigenvalue weighted by atomic mass is 32.1. The summed E-state index contributed by atoms with van der Waals surface area (Å²) in [6.07, 6.45) is 4.05. The Balaban J connectivity index is 0. The van der Waals surface area contributed by atoms with E-state index in [1.165, 1.54) is 0 Å². The number of carbonyl (C=O) groups is 5. The predicted molar refractivity (Wildman–Crippen MR) is 130 cm³/mol. The van der Waals surface area contributed by atoms with Gasteiger partial charge in [-0.1, -0.05) is 19.9 Å². The van der Waals surface area contributed by atoms with E-state index < -0.39 is 30.4 Å². The van der Waals surface area contributed by atoms with Gasteiger partial charge in [-0.15, -0.1) is 0 Å². The lowest BCUT2D eigenvalue weighted by Gasteiger charge is -2.17. The van der Waals surface area contributed by atoms with Crippen molar-refractivity contribution in [3.63, 3.8) is 0 Å². The summed E-state index contributed by atoms with van der Waals surface area (Å²) in [5, 5.41) is 35.6. The second-order valence-corrected chi connectivity index (χ2v) is 8.03. The number of unbranched alkanes of at least 4 members (excludes halogenated alkanes) is 1. The first-order valence-electron chi connectivity index (χ1n) is 10.9. The smallest absolute Gasteiger partial charge is 0.322 e. The van der Waals surface area contributed by atoms with Crippen LogP contribution in [0.3, 0.4) is 0 Å². The maximum absolute atomic E-state index is 12.0. The number of hydrogen-bond acceptors (Lipinski definition) is 7. The average molecular weight is 507 g/mol. The van der Waals surface area contributed by atoms with Gasteiger partial charge in [-0.2, -0.15) is 12.6 Å². The lowest BCUT2D eigenvalue weighted by atomic mass is 10.1. The Hall–Kier alpha value is -2.96. The minimum atomic E-state index is -1.21. The molecule has 0 aliphatic carbocycles. The van der Waals surface area contributed by atoms with Gasteiger partial charge >= 0.3 is 18.0 Å². The molecular weight excluding hydrogens is 468 g/mol. The van der Waals surface area contributed by atoms with Crippen LogP contribution in [0.15, 0.2) is 12.3 Å². The third kappa shape index (κ3) is 22.2. The van der Waals surface area contributed by atoms with Crippen LogP contribution in [0, 0.1) is 0 Å². The molecule has 0 saturated heterocycles. The number of carboxylic acids is 2. The van der Waals surface area contributed by atoms with E-state index in [2.05, 4.69) is 40.5 Å². The molecule has 4 amide bonds. The van der Waals surface area contributed by atoms with Gasteiger partial charge in [-0.05, 0) is 25.7 Å². The van der Waals surface area contributed by atoms with E-state index in [1.54, 1.807) is 14.0 Å².